The summed E-state index contributed by atoms with van der Waals surface area (Å²) < 4.78 is 27.6. The van der Waals surface area contributed by atoms with Crippen molar-refractivity contribution in [2.45, 2.75) is 32.8 Å². The first-order chi connectivity index (χ1) is 13.9. The molecule has 1 rings (SSSR count). The number of benzene rings is 1. The molecule has 0 aliphatic carbocycles. The standard InChI is InChI=1S/C17H23NO2.CO2.3CO.Fe/c1-17(2,3)20-16(19)18-14-10-5-4-7-11-15-12-8-6-9-13-15;2-1-3;3*1-2;/h4-9,11-13H,10,14H2,1-3H3,(H,18,19);;;;;/b5-4+,11-7+;;;;;. The van der Waals surface area contributed by atoms with Crippen LogP contribution in [0.2, 0.25) is 0 Å². The minimum atomic E-state index is -0.446. The fraction of sp³-hybridized carbons (Fsp3) is 0.286. The Hall–Kier alpha value is -2.91. The molecule has 162 valence electrons. The van der Waals surface area contributed by atoms with Gasteiger partial charge < -0.3 is 10.1 Å². The summed E-state index contributed by atoms with van der Waals surface area (Å²) in [7, 11) is 0. The predicted octanol–water partition coefficient (Wildman–Crippen LogP) is 3.47. The van der Waals surface area contributed by atoms with Gasteiger partial charge in [-0.1, -0.05) is 54.6 Å². The van der Waals surface area contributed by atoms with Gasteiger partial charge in [0.05, 0.1) is 0 Å². The normalized spacial score (nSPS) is 8.43. The van der Waals surface area contributed by atoms with Crippen LogP contribution in [-0.2, 0) is 45.4 Å². The Morgan fingerprint density at radius 3 is 1.93 bits per heavy atom. The first-order valence-electron chi connectivity index (χ1n) is 7.84. The second-order valence-corrected chi connectivity index (χ2v) is 5.50. The predicted molar refractivity (Wildman–Crippen MR) is 100 cm³/mol. The van der Waals surface area contributed by atoms with Crippen molar-refractivity contribution in [3.63, 3.8) is 0 Å². The largest absolute Gasteiger partial charge is 0 e. The molecular formula is C21H23FeNO7. The van der Waals surface area contributed by atoms with Gasteiger partial charge in [-0.25, -0.2) is 4.79 Å². The van der Waals surface area contributed by atoms with Crippen LogP contribution in [0.1, 0.15) is 32.8 Å². The Morgan fingerprint density at radius 2 is 1.50 bits per heavy atom. The van der Waals surface area contributed by atoms with Crippen molar-refractivity contribution in [1.82, 2.24) is 5.32 Å². The molecule has 0 saturated carbocycles. The molecule has 0 aliphatic heterocycles. The van der Waals surface area contributed by atoms with Gasteiger partial charge in [-0.15, -0.1) is 0 Å². The molecule has 1 aromatic rings. The number of rotatable bonds is 5. The fourth-order valence-corrected chi connectivity index (χ4v) is 1.48. The van der Waals surface area contributed by atoms with Crippen molar-refractivity contribution in [2.24, 2.45) is 0 Å². The molecule has 0 aliphatic rings. The van der Waals surface area contributed by atoms with Crippen LogP contribution in [0.5, 0.6) is 0 Å². The Labute approximate surface area is 187 Å². The second-order valence-electron chi connectivity index (χ2n) is 5.50. The summed E-state index contributed by atoms with van der Waals surface area (Å²) in [5, 5.41) is 2.71. The van der Waals surface area contributed by atoms with E-state index in [0.29, 0.717) is 6.54 Å². The molecule has 1 N–H and O–H groups in total. The smallest absolute Gasteiger partial charge is 0 e. The minimum absolute atomic E-state index is 0. The number of nitrogens with one attached hydrogen (secondary N) is 1. The van der Waals surface area contributed by atoms with Crippen molar-refractivity contribution in [3.05, 3.63) is 74.1 Å². The average Bonchev–Trinajstić information content (AvgIpc) is 2.72. The second kappa shape index (κ2) is 30.8. The first kappa shape index (κ1) is 37.8. The summed E-state index contributed by atoms with van der Waals surface area (Å²) >= 11 is 0. The molecule has 30 heavy (non-hydrogen) atoms. The van der Waals surface area contributed by atoms with Crippen LogP contribution in [-0.4, -0.2) is 24.4 Å². The maximum atomic E-state index is 11.4. The van der Waals surface area contributed by atoms with Gasteiger partial charge in [-0.05, 0) is 32.8 Å². The number of hydrogen-bond acceptors (Lipinski definition) is 4. The van der Waals surface area contributed by atoms with Crippen LogP contribution in [0.15, 0.2) is 48.6 Å². The molecule has 0 radical (unpaired) electrons. The van der Waals surface area contributed by atoms with E-state index in [-0.39, 0.29) is 29.3 Å². The Balaban J connectivity index is -0.000000182. The van der Waals surface area contributed by atoms with Crippen LogP contribution in [0.4, 0.5) is 4.79 Å². The summed E-state index contributed by atoms with van der Waals surface area (Å²) in [5.74, 6) is 0. The van der Waals surface area contributed by atoms with E-state index in [1.165, 1.54) is 5.56 Å². The van der Waals surface area contributed by atoms with E-state index >= 15 is 0 Å². The first-order valence-corrected chi connectivity index (χ1v) is 7.84. The molecule has 0 heterocycles. The maximum absolute atomic E-state index is 11.4. The van der Waals surface area contributed by atoms with E-state index in [9.17, 15) is 4.79 Å². The molecule has 0 aromatic heterocycles. The third-order valence-electron chi connectivity index (χ3n) is 2.31. The van der Waals surface area contributed by atoms with Gasteiger partial charge in [-0.3, -0.25) is 0 Å². The van der Waals surface area contributed by atoms with Gasteiger partial charge >= 0.3 is 46.2 Å². The molecule has 0 atom stereocenters. The van der Waals surface area contributed by atoms with Gasteiger partial charge in [0.25, 0.3) is 0 Å². The topological polar surface area (TPSA) is 132 Å². The zero-order chi connectivity index (χ0) is 23.6. The van der Waals surface area contributed by atoms with E-state index in [1.54, 1.807) is 0 Å². The maximum Gasteiger partial charge on any atom is 0 e. The van der Waals surface area contributed by atoms with Gasteiger partial charge in [0, 0.05) is 23.6 Å². The molecule has 0 bridgehead atoms. The van der Waals surface area contributed by atoms with Crippen LogP contribution in [0.25, 0.3) is 6.08 Å². The summed E-state index contributed by atoms with van der Waals surface area (Å²) in [6.07, 6.45) is 8.67. The van der Waals surface area contributed by atoms with E-state index < -0.39 is 5.60 Å². The number of carbonyl (C=O) groups is 1. The molecule has 0 unspecified atom stereocenters. The molecular weight excluding hydrogens is 434 g/mol. The van der Waals surface area contributed by atoms with Crippen LogP contribution >= 0.6 is 0 Å². The monoisotopic (exact) mass is 457 g/mol. The summed E-state index contributed by atoms with van der Waals surface area (Å²) in [6.45, 7) is 19.6. The summed E-state index contributed by atoms with van der Waals surface area (Å²) in [4.78, 5) is 27.6. The molecule has 1 amide bonds. The quantitative estimate of drug-likeness (QED) is 0.238. The van der Waals surface area contributed by atoms with E-state index in [4.69, 9.17) is 28.3 Å². The van der Waals surface area contributed by atoms with Gasteiger partial charge in [0.15, 0.2) is 0 Å². The van der Waals surface area contributed by atoms with E-state index in [1.807, 2.05) is 75.4 Å². The Bertz CT molecular complexity index is 652. The van der Waals surface area contributed by atoms with Crippen molar-refractivity contribution in [1.29, 1.82) is 0 Å². The van der Waals surface area contributed by atoms with Crippen molar-refractivity contribution < 1.29 is 50.1 Å². The minimum Gasteiger partial charge on any atom is 0 e. The summed E-state index contributed by atoms with van der Waals surface area (Å²) in [5.41, 5.74) is 0.724. The zero-order valence-corrected chi connectivity index (χ0v) is 17.9. The molecule has 0 saturated heterocycles. The fourth-order valence-electron chi connectivity index (χ4n) is 1.48. The molecule has 0 spiro atoms. The van der Waals surface area contributed by atoms with Crippen molar-refractivity contribution in [3.8, 4) is 0 Å². The van der Waals surface area contributed by atoms with Gasteiger partial charge in [-0.2, -0.15) is 9.59 Å². The third kappa shape index (κ3) is 36.1. The van der Waals surface area contributed by atoms with Crippen LogP contribution in [0.3, 0.4) is 0 Å². The Kier molecular flexibility index (Phi) is 38.8. The number of carbonyl (C=O) groups excluding carboxylic acids is 3. The molecule has 1 aromatic carbocycles. The molecule has 0 fully saturated rings. The number of allylic oxidation sites excluding steroid dienone is 2. The summed E-state index contributed by atoms with van der Waals surface area (Å²) in [6, 6.07) is 10.1. The third-order valence-corrected chi connectivity index (χ3v) is 2.31. The van der Waals surface area contributed by atoms with Crippen LogP contribution in [0, 0.1) is 20.0 Å². The number of alkyl carbamates (subject to hydrolysis) is 1. The van der Waals surface area contributed by atoms with Gasteiger partial charge in [0.1, 0.15) is 5.60 Å². The van der Waals surface area contributed by atoms with E-state index in [2.05, 4.69) is 25.3 Å². The van der Waals surface area contributed by atoms with Crippen molar-refractivity contribution >= 4 is 18.3 Å². The number of amides is 1. The Morgan fingerprint density at radius 1 is 1.03 bits per heavy atom. The molecule has 9 heteroatoms. The molecule has 8 nitrogen and oxygen atoms in total. The number of hydrogen-bond donors (Lipinski definition) is 1. The average molecular weight is 457 g/mol. The SMILES string of the molecule is CC(C)(C)OC(=O)NCC/C=C/C=C/c1ccccc1.O=C=O.[C-]#[O+].[C-]#[O+].[C-]#[O+].[Fe]. The zero-order valence-electron chi connectivity index (χ0n) is 16.8. The van der Waals surface area contributed by atoms with Gasteiger partial charge in [0.2, 0.25) is 0 Å². The van der Waals surface area contributed by atoms with Crippen molar-refractivity contribution in [2.75, 3.05) is 6.54 Å². The van der Waals surface area contributed by atoms with E-state index in [0.717, 1.165) is 6.42 Å². The van der Waals surface area contributed by atoms with Crippen LogP contribution < -0.4 is 5.32 Å². The number of ether oxygens (including phenoxy) is 1.